The predicted molar refractivity (Wildman–Crippen MR) is 88.6 cm³/mol. The molecule has 2 heterocycles. The van der Waals surface area contributed by atoms with E-state index in [0.717, 1.165) is 32.8 Å². The monoisotopic (exact) mass is 297 g/mol. The van der Waals surface area contributed by atoms with Gasteiger partial charge < -0.3 is 4.74 Å². The Kier molecular flexibility index (Phi) is 5.03. The molecule has 22 heavy (non-hydrogen) atoms. The lowest BCUT2D eigenvalue weighted by Gasteiger charge is -2.32. The van der Waals surface area contributed by atoms with E-state index in [4.69, 9.17) is 4.74 Å². The summed E-state index contributed by atoms with van der Waals surface area (Å²) in [5, 5.41) is 4.34. The zero-order chi connectivity index (χ0) is 15.2. The lowest BCUT2D eigenvalue weighted by atomic mass is 10.2. The molecule has 0 N–H and O–H groups in total. The molecule has 0 aliphatic carbocycles. The molecule has 0 bridgehead atoms. The van der Waals surface area contributed by atoms with Gasteiger partial charge >= 0.3 is 0 Å². The van der Waals surface area contributed by atoms with Gasteiger partial charge in [0, 0.05) is 25.8 Å². The summed E-state index contributed by atoms with van der Waals surface area (Å²) in [5.74, 6) is 0. The maximum absolute atomic E-state index is 5.86. The van der Waals surface area contributed by atoms with Crippen molar-refractivity contribution < 1.29 is 4.74 Å². The molecule has 0 radical (unpaired) electrons. The van der Waals surface area contributed by atoms with E-state index < -0.39 is 0 Å². The summed E-state index contributed by atoms with van der Waals surface area (Å²) in [5.41, 5.74) is 2.44. The third kappa shape index (κ3) is 4.29. The van der Waals surface area contributed by atoms with Crippen molar-refractivity contribution in [2.75, 3.05) is 26.2 Å². The van der Waals surface area contributed by atoms with Crippen LogP contribution in [0.1, 0.15) is 11.1 Å². The Morgan fingerprint density at radius 3 is 2.95 bits per heavy atom. The molecule has 1 saturated heterocycles. The van der Waals surface area contributed by atoms with E-state index in [1.807, 2.05) is 16.9 Å². The maximum Gasteiger partial charge on any atom is 0.0898 e. The van der Waals surface area contributed by atoms with Gasteiger partial charge in [-0.3, -0.25) is 9.58 Å². The minimum Gasteiger partial charge on any atom is -0.374 e. The van der Waals surface area contributed by atoms with E-state index in [-0.39, 0.29) is 6.10 Å². The molecule has 1 aromatic heterocycles. The van der Waals surface area contributed by atoms with Crippen molar-refractivity contribution in [2.45, 2.75) is 19.6 Å². The average molecular weight is 297 g/mol. The fraction of sp³-hybridized carbons (Fsp3) is 0.389. The van der Waals surface area contributed by atoms with E-state index in [0.29, 0.717) is 0 Å². The second-order valence-corrected chi connectivity index (χ2v) is 5.81. The summed E-state index contributed by atoms with van der Waals surface area (Å²) in [4.78, 5) is 2.43. The van der Waals surface area contributed by atoms with Crippen LogP contribution in [0, 0.1) is 6.92 Å². The van der Waals surface area contributed by atoms with E-state index in [9.17, 15) is 0 Å². The fourth-order valence-electron chi connectivity index (χ4n) is 2.73. The molecule has 0 saturated carbocycles. The van der Waals surface area contributed by atoms with Crippen molar-refractivity contribution >= 4 is 6.08 Å². The SMILES string of the molecule is Cc1cnn(C[C@@H]2CN(C/C=C/c3ccccc3)CCO2)c1. The highest BCUT2D eigenvalue weighted by molar-refractivity contribution is 5.48. The van der Waals surface area contributed by atoms with Gasteiger partial charge in [0.2, 0.25) is 0 Å². The second kappa shape index (κ2) is 7.38. The van der Waals surface area contributed by atoms with E-state index in [1.165, 1.54) is 11.1 Å². The standard InChI is InChI=1S/C18H23N3O/c1-16-12-19-21(13-16)15-18-14-20(10-11-22-18)9-5-8-17-6-3-2-4-7-17/h2-8,12-13,18H,9-11,14-15H2,1H3/b8-5+/t18-/m0/s1. The Morgan fingerprint density at radius 2 is 2.18 bits per heavy atom. The van der Waals surface area contributed by atoms with Crippen LogP contribution in [0.5, 0.6) is 0 Å². The zero-order valence-electron chi connectivity index (χ0n) is 13.1. The highest BCUT2D eigenvalue weighted by atomic mass is 16.5. The number of aromatic nitrogens is 2. The van der Waals surface area contributed by atoms with Crippen molar-refractivity contribution in [1.29, 1.82) is 0 Å². The molecule has 0 spiro atoms. The first kappa shape index (κ1) is 15.0. The van der Waals surface area contributed by atoms with E-state index in [2.05, 4.69) is 59.5 Å². The normalized spacial score (nSPS) is 19.8. The summed E-state index contributed by atoms with van der Waals surface area (Å²) in [7, 11) is 0. The van der Waals surface area contributed by atoms with Gasteiger partial charge in [0.15, 0.2) is 0 Å². The number of ether oxygens (including phenoxy) is 1. The molecule has 1 fully saturated rings. The van der Waals surface area contributed by atoms with Crippen LogP contribution in [0.3, 0.4) is 0 Å². The smallest absolute Gasteiger partial charge is 0.0898 e. The number of rotatable bonds is 5. The van der Waals surface area contributed by atoms with Crippen LogP contribution in [0.4, 0.5) is 0 Å². The number of nitrogens with zero attached hydrogens (tertiary/aromatic N) is 3. The van der Waals surface area contributed by atoms with Gasteiger partial charge in [-0.15, -0.1) is 0 Å². The van der Waals surface area contributed by atoms with Crippen molar-refractivity contribution in [3.63, 3.8) is 0 Å². The van der Waals surface area contributed by atoms with Gasteiger partial charge in [-0.25, -0.2) is 0 Å². The van der Waals surface area contributed by atoms with Gasteiger partial charge in [0.05, 0.1) is 25.5 Å². The quantitative estimate of drug-likeness (QED) is 0.850. The van der Waals surface area contributed by atoms with Crippen molar-refractivity contribution in [1.82, 2.24) is 14.7 Å². The molecule has 0 amide bonds. The van der Waals surface area contributed by atoms with Gasteiger partial charge in [-0.05, 0) is 18.1 Å². The number of morpholine rings is 1. The summed E-state index contributed by atoms with van der Waals surface area (Å²) >= 11 is 0. The van der Waals surface area contributed by atoms with Gasteiger partial charge in [0.1, 0.15) is 0 Å². The topological polar surface area (TPSA) is 30.3 Å². The largest absolute Gasteiger partial charge is 0.374 e. The maximum atomic E-state index is 5.86. The van der Waals surface area contributed by atoms with Crippen molar-refractivity contribution in [3.05, 3.63) is 59.9 Å². The van der Waals surface area contributed by atoms with Crippen LogP contribution >= 0.6 is 0 Å². The molecular formula is C18H23N3O. The third-order valence-electron chi connectivity index (χ3n) is 3.85. The van der Waals surface area contributed by atoms with E-state index >= 15 is 0 Å². The molecule has 1 aromatic carbocycles. The lowest BCUT2D eigenvalue weighted by Crippen LogP contribution is -2.44. The number of aryl methyl sites for hydroxylation is 1. The molecule has 2 aromatic rings. The summed E-state index contributed by atoms with van der Waals surface area (Å²) in [6.07, 6.45) is 8.59. The Hall–Kier alpha value is -1.91. The number of benzene rings is 1. The Labute approximate surface area is 132 Å². The van der Waals surface area contributed by atoms with Crippen LogP contribution < -0.4 is 0 Å². The molecule has 0 unspecified atom stereocenters. The molecule has 1 aliphatic rings. The highest BCUT2D eigenvalue weighted by Crippen LogP contribution is 2.09. The van der Waals surface area contributed by atoms with E-state index in [1.54, 1.807) is 0 Å². The molecule has 3 rings (SSSR count). The Morgan fingerprint density at radius 1 is 1.32 bits per heavy atom. The molecule has 1 aliphatic heterocycles. The van der Waals surface area contributed by atoms with Crippen LogP contribution in [-0.2, 0) is 11.3 Å². The molecular weight excluding hydrogens is 274 g/mol. The first-order chi connectivity index (χ1) is 10.8. The first-order valence-electron chi connectivity index (χ1n) is 7.84. The second-order valence-electron chi connectivity index (χ2n) is 5.81. The van der Waals surface area contributed by atoms with Crippen LogP contribution in [0.2, 0.25) is 0 Å². The van der Waals surface area contributed by atoms with Gasteiger partial charge in [-0.2, -0.15) is 5.10 Å². The molecule has 4 nitrogen and oxygen atoms in total. The average Bonchev–Trinajstić information content (AvgIpc) is 2.94. The summed E-state index contributed by atoms with van der Waals surface area (Å²) < 4.78 is 7.83. The van der Waals surface area contributed by atoms with Gasteiger partial charge in [0.25, 0.3) is 0 Å². The zero-order valence-corrected chi connectivity index (χ0v) is 13.1. The molecule has 1 atom stereocenters. The summed E-state index contributed by atoms with van der Waals surface area (Å²) in [6, 6.07) is 10.4. The van der Waals surface area contributed by atoms with Gasteiger partial charge in [-0.1, -0.05) is 42.5 Å². The Bertz CT molecular complexity index is 606. The molecule has 4 heteroatoms. The minimum absolute atomic E-state index is 0.221. The minimum atomic E-state index is 0.221. The van der Waals surface area contributed by atoms with Crippen molar-refractivity contribution in [2.24, 2.45) is 0 Å². The van der Waals surface area contributed by atoms with Crippen LogP contribution in [0.25, 0.3) is 6.08 Å². The van der Waals surface area contributed by atoms with Crippen LogP contribution in [0.15, 0.2) is 48.8 Å². The van der Waals surface area contributed by atoms with Crippen LogP contribution in [-0.4, -0.2) is 47.0 Å². The first-order valence-corrected chi connectivity index (χ1v) is 7.84. The lowest BCUT2D eigenvalue weighted by molar-refractivity contribution is -0.0337. The fourth-order valence-corrected chi connectivity index (χ4v) is 2.73. The summed E-state index contributed by atoms with van der Waals surface area (Å²) in [6.45, 7) is 6.60. The van der Waals surface area contributed by atoms with Crippen molar-refractivity contribution in [3.8, 4) is 0 Å². The highest BCUT2D eigenvalue weighted by Gasteiger charge is 2.20. The Balaban J connectivity index is 1.49. The number of hydrogen-bond acceptors (Lipinski definition) is 3. The number of hydrogen-bond donors (Lipinski definition) is 0. The molecule has 116 valence electrons. The predicted octanol–water partition coefficient (Wildman–Crippen LogP) is 2.61. The third-order valence-corrected chi connectivity index (χ3v) is 3.85.